The fraction of sp³-hybridized carbons (Fsp3) is 0.0714. The molecule has 0 spiro atoms. The lowest BCUT2D eigenvalue weighted by Crippen LogP contribution is -2.04. The van der Waals surface area contributed by atoms with Gasteiger partial charge in [0.15, 0.2) is 5.16 Å². The Bertz CT molecular complexity index is 1570. The third-order valence-electron chi connectivity index (χ3n) is 5.76. The second-order valence-corrected chi connectivity index (χ2v) is 8.98. The highest BCUT2D eigenvalue weighted by Gasteiger charge is 2.17. The first kappa shape index (κ1) is 21.3. The summed E-state index contributed by atoms with van der Waals surface area (Å²) < 4.78 is 8.00. The summed E-state index contributed by atoms with van der Waals surface area (Å²) >= 11 is 1.53. The van der Waals surface area contributed by atoms with Gasteiger partial charge in [-0.3, -0.25) is 4.57 Å². The number of rotatable bonds is 7. The van der Waals surface area contributed by atoms with Crippen LogP contribution < -0.4 is 0 Å². The maximum atomic E-state index is 5.89. The van der Waals surface area contributed by atoms with Crippen molar-refractivity contribution in [3.8, 4) is 17.1 Å². The van der Waals surface area contributed by atoms with E-state index in [4.69, 9.17) is 4.42 Å². The van der Waals surface area contributed by atoms with Crippen LogP contribution in [0, 0.1) is 0 Å². The van der Waals surface area contributed by atoms with Gasteiger partial charge < -0.3 is 4.42 Å². The Balaban J connectivity index is 1.30. The van der Waals surface area contributed by atoms with Crippen molar-refractivity contribution in [1.82, 2.24) is 25.0 Å². The van der Waals surface area contributed by atoms with Crippen LogP contribution >= 0.6 is 11.8 Å². The van der Waals surface area contributed by atoms with Crippen molar-refractivity contribution < 1.29 is 4.42 Å². The molecule has 2 heterocycles. The summed E-state index contributed by atoms with van der Waals surface area (Å²) in [6, 6.07) is 34.8. The highest BCUT2D eigenvalue weighted by atomic mass is 32.2. The van der Waals surface area contributed by atoms with Gasteiger partial charge in [0.25, 0.3) is 0 Å². The number of thioether (sulfide) groups is 1. The van der Waals surface area contributed by atoms with Crippen molar-refractivity contribution >= 4 is 22.5 Å². The van der Waals surface area contributed by atoms with E-state index in [0.29, 0.717) is 24.0 Å². The number of para-hydroxylation sites is 1. The molecule has 2 aromatic heterocycles. The monoisotopic (exact) mass is 475 g/mol. The molecule has 0 aliphatic carbocycles. The Kier molecular flexibility index (Phi) is 5.82. The van der Waals surface area contributed by atoms with E-state index in [1.54, 1.807) is 0 Å². The van der Waals surface area contributed by atoms with Gasteiger partial charge in [0.1, 0.15) is 5.82 Å². The Morgan fingerprint density at radius 2 is 1.43 bits per heavy atom. The maximum absolute atomic E-state index is 5.89. The van der Waals surface area contributed by atoms with Gasteiger partial charge in [-0.05, 0) is 40.6 Å². The van der Waals surface area contributed by atoms with Gasteiger partial charge in [-0.1, -0.05) is 90.6 Å². The quantitative estimate of drug-likeness (QED) is 0.251. The van der Waals surface area contributed by atoms with Crippen LogP contribution in [0.4, 0.5) is 0 Å². The lowest BCUT2D eigenvalue weighted by Gasteiger charge is -2.11. The van der Waals surface area contributed by atoms with Gasteiger partial charge >= 0.3 is 0 Å². The lowest BCUT2D eigenvalue weighted by atomic mass is 10.0. The molecule has 4 aromatic carbocycles. The summed E-state index contributed by atoms with van der Waals surface area (Å²) in [7, 11) is 0. The molecular weight excluding hydrogens is 454 g/mol. The largest absolute Gasteiger partial charge is 0.420 e. The zero-order valence-electron chi connectivity index (χ0n) is 18.8. The Morgan fingerprint density at radius 1 is 0.686 bits per heavy atom. The second kappa shape index (κ2) is 9.56. The molecule has 0 aliphatic rings. The standard InChI is InChI=1S/C28H21N5OS/c1-3-11-21(12-4-1)27-31-30-26(34-27)19-35-28-32-29-25(33(28)23-15-5-2-6-16-23)18-22-14-9-13-20-10-7-8-17-24(20)22/h1-17H,18-19H2. The molecule has 0 amide bonds. The van der Waals surface area contributed by atoms with E-state index in [1.165, 1.54) is 28.1 Å². The van der Waals surface area contributed by atoms with Crippen molar-refractivity contribution in [1.29, 1.82) is 0 Å². The molecule has 35 heavy (non-hydrogen) atoms. The second-order valence-electron chi connectivity index (χ2n) is 8.04. The van der Waals surface area contributed by atoms with Crippen LogP contribution in [0.2, 0.25) is 0 Å². The van der Waals surface area contributed by atoms with Gasteiger partial charge in [-0.15, -0.1) is 20.4 Å². The van der Waals surface area contributed by atoms with Crippen LogP contribution in [0.5, 0.6) is 0 Å². The van der Waals surface area contributed by atoms with E-state index in [1.807, 2.05) is 48.5 Å². The first-order chi connectivity index (χ1) is 17.3. The minimum Gasteiger partial charge on any atom is -0.420 e. The third kappa shape index (κ3) is 4.46. The fourth-order valence-corrected chi connectivity index (χ4v) is 4.90. The highest BCUT2D eigenvalue weighted by Crippen LogP contribution is 2.28. The molecule has 0 N–H and O–H groups in total. The first-order valence-corrected chi connectivity index (χ1v) is 12.3. The normalized spacial score (nSPS) is 11.2. The number of hydrogen-bond acceptors (Lipinski definition) is 6. The fourth-order valence-electron chi connectivity index (χ4n) is 4.10. The summed E-state index contributed by atoms with van der Waals surface area (Å²) in [6.07, 6.45) is 0.669. The summed E-state index contributed by atoms with van der Waals surface area (Å²) in [5.74, 6) is 2.44. The average Bonchev–Trinajstić information content (AvgIpc) is 3.56. The van der Waals surface area contributed by atoms with E-state index in [2.05, 4.69) is 79.6 Å². The molecule has 0 fully saturated rings. The minimum atomic E-state index is 0.499. The van der Waals surface area contributed by atoms with Crippen molar-refractivity contribution in [3.63, 3.8) is 0 Å². The summed E-state index contributed by atoms with van der Waals surface area (Å²) in [4.78, 5) is 0. The minimum absolute atomic E-state index is 0.499. The van der Waals surface area contributed by atoms with Crippen LogP contribution in [0.25, 0.3) is 27.9 Å². The van der Waals surface area contributed by atoms with Crippen molar-refractivity contribution in [3.05, 3.63) is 120 Å². The van der Waals surface area contributed by atoms with Crippen molar-refractivity contribution in [2.24, 2.45) is 0 Å². The van der Waals surface area contributed by atoms with Gasteiger partial charge in [-0.25, -0.2) is 0 Å². The molecular formula is C28H21N5OS. The molecule has 0 radical (unpaired) electrons. The topological polar surface area (TPSA) is 69.6 Å². The predicted octanol–water partition coefficient (Wildman–Crippen LogP) is 6.35. The number of aromatic nitrogens is 5. The maximum Gasteiger partial charge on any atom is 0.247 e. The molecule has 0 bridgehead atoms. The van der Waals surface area contributed by atoms with Crippen LogP contribution in [-0.2, 0) is 12.2 Å². The first-order valence-electron chi connectivity index (χ1n) is 11.3. The number of fused-ring (bicyclic) bond motifs is 1. The Morgan fingerprint density at radius 3 is 2.29 bits per heavy atom. The summed E-state index contributed by atoms with van der Waals surface area (Å²) in [5, 5.41) is 20.8. The Labute approximate surface area is 206 Å². The highest BCUT2D eigenvalue weighted by molar-refractivity contribution is 7.98. The zero-order valence-corrected chi connectivity index (χ0v) is 19.6. The van der Waals surface area contributed by atoms with E-state index in [0.717, 1.165) is 22.2 Å². The van der Waals surface area contributed by atoms with Gasteiger partial charge in [-0.2, -0.15) is 0 Å². The van der Waals surface area contributed by atoms with Crippen molar-refractivity contribution in [2.75, 3.05) is 0 Å². The number of nitrogens with zero attached hydrogens (tertiary/aromatic N) is 5. The van der Waals surface area contributed by atoms with Crippen LogP contribution in [0.15, 0.2) is 113 Å². The molecule has 0 atom stereocenters. The predicted molar refractivity (Wildman–Crippen MR) is 137 cm³/mol. The van der Waals surface area contributed by atoms with Gasteiger partial charge in [0.05, 0.1) is 5.75 Å². The van der Waals surface area contributed by atoms with Crippen molar-refractivity contribution in [2.45, 2.75) is 17.3 Å². The molecule has 0 saturated carbocycles. The number of benzene rings is 4. The van der Waals surface area contributed by atoms with Crippen LogP contribution in [-0.4, -0.2) is 25.0 Å². The number of hydrogen-bond donors (Lipinski definition) is 0. The third-order valence-corrected chi connectivity index (χ3v) is 6.67. The molecule has 6 aromatic rings. The van der Waals surface area contributed by atoms with Crippen LogP contribution in [0.3, 0.4) is 0 Å². The smallest absolute Gasteiger partial charge is 0.247 e. The average molecular weight is 476 g/mol. The SMILES string of the molecule is c1ccc(-c2nnc(CSc3nnc(Cc4cccc5ccccc45)n3-c3ccccc3)o2)cc1. The molecule has 6 nitrogen and oxygen atoms in total. The molecule has 0 saturated heterocycles. The van der Waals surface area contributed by atoms with Gasteiger partial charge in [0, 0.05) is 17.7 Å². The summed E-state index contributed by atoms with van der Waals surface area (Å²) in [6.45, 7) is 0. The Hall–Kier alpha value is -4.23. The van der Waals surface area contributed by atoms with E-state index in [9.17, 15) is 0 Å². The van der Waals surface area contributed by atoms with Crippen LogP contribution in [0.1, 0.15) is 17.3 Å². The molecule has 0 unspecified atom stereocenters. The summed E-state index contributed by atoms with van der Waals surface area (Å²) in [5.41, 5.74) is 3.14. The zero-order chi connectivity index (χ0) is 23.5. The van der Waals surface area contributed by atoms with E-state index >= 15 is 0 Å². The molecule has 0 aliphatic heterocycles. The van der Waals surface area contributed by atoms with E-state index < -0.39 is 0 Å². The van der Waals surface area contributed by atoms with Gasteiger partial charge in [0.2, 0.25) is 11.8 Å². The van der Waals surface area contributed by atoms with E-state index in [-0.39, 0.29) is 0 Å². The molecule has 7 heteroatoms. The molecule has 6 rings (SSSR count). The lowest BCUT2D eigenvalue weighted by molar-refractivity contribution is 0.528. The molecule has 170 valence electrons.